The van der Waals surface area contributed by atoms with Gasteiger partial charge < -0.3 is 4.74 Å². The van der Waals surface area contributed by atoms with Crippen molar-refractivity contribution in [3.8, 4) is 0 Å². The Hall–Kier alpha value is -2.63. The molecule has 0 saturated carbocycles. The minimum absolute atomic E-state index is 0.0446. The number of carbonyl (C=O) groups excluding carboxylic acids is 2. The van der Waals surface area contributed by atoms with Gasteiger partial charge in [0, 0.05) is 13.1 Å². The highest BCUT2D eigenvalue weighted by Crippen LogP contribution is 2.44. The smallest absolute Gasteiger partial charge is 0.437 e. The van der Waals surface area contributed by atoms with E-state index in [1.165, 1.54) is 7.05 Å². The van der Waals surface area contributed by atoms with Gasteiger partial charge in [0.25, 0.3) is 0 Å². The third-order valence-electron chi connectivity index (χ3n) is 3.39. The lowest BCUT2D eigenvalue weighted by molar-refractivity contribution is -0.141. The molecule has 6 nitrogen and oxygen atoms in total. The van der Waals surface area contributed by atoms with Crippen molar-refractivity contribution in [1.29, 1.82) is 0 Å². The molecule has 1 aromatic carbocycles. The Morgan fingerprint density at radius 2 is 2.04 bits per heavy atom. The Labute approximate surface area is 160 Å². The number of rotatable bonds is 7. The van der Waals surface area contributed by atoms with Crippen LogP contribution in [0.25, 0.3) is 0 Å². The Bertz CT molecular complexity index is 885. The fraction of sp³-hybridized carbons (Fsp3) is 0.312. The Morgan fingerprint density at radius 1 is 1.36 bits per heavy atom. The third-order valence-corrected chi connectivity index (χ3v) is 4.50. The number of hydrogen-bond acceptors (Lipinski definition) is 5. The molecule has 28 heavy (non-hydrogen) atoms. The van der Waals surface area contributed by atoms with Gasteiger partial charge in [0.05, 0.1) is 18.0 Å². The summed E-state index contributed by atoms with van der Waals surface area (Å²) in [4.78, 5) is 23.5. The lowest BCUT2D eigenvalue weighted by Crippen LogP contribution is -2.20. The molecule has 0 spiro atoms. The number of ether oxygens (including phenoxy) is 1. The van der Waals surface area contributed by atoms with Crippen LogP contribution in [0.2, 0.25) is 0 Å². The second kappa shape index (κ2) is 8.59. The summed E-state index contributed by atoms with van der Waals surface area (Å²) in [5.74, 6) is -3.27. The number of nitrogens with zero attached hydrogens (tertiary/aromatic N) is 3. The first-order valence-electron chi connectivity index (χ1n) is 7.72. The maximum absolute atomic E-state index is 14.1. The van der Waals surface area contributed by atoms with Crippen LogP contribution in [0, 0.1) is 11.6 Å². The standard InChI is InChI=1S/C16H14F5N3O3S/c1-3-27-12(26)7-28-15-13(14(16(19,20)21)22-23(15)2)24(8-25)11-5-4-9(17)6-10(11)18/h4-6,8H,3,7H2,1-2H3. The number of aryl methyl sites for hydroxylation is 1. The van der Waals surface area contributed by atoms with E-state index in [9.17, 15) is 31.5 Å². The topological polar surface area (TPSA) is 64.4 Å². The Balaban J connectivity index is 2.60. The minimum Gasteiger partial charge on any atom is -0.465 e. The summed E-state index contributed by atoms with van der Waals surface area (Å²) in [6.07, 6.45) is -5.02. The second-order valence-electron chi connectivity index (χ2n) is 5.29. The van der Waals surface area contributed by atoms with Crippen LogP contribution in [0.4, 0.5) is 33.3 Å². The van der Waals surface area contributed by atoms with Crippen LogP contribution in [0.5, 0.6) is 0 Å². The third kappa shape index (κ3) is 4.61. The van der Waals surface area contributed by atoms with Gasteiger partial charge in [-0.05, 0) is 19.1 Å². The zero-order valence-electron chi connectivity index (χ0n) is 14.6. The van der Waals surface area contributed by atoms with Crippen LogP contribution in [0.15, 0.2) is 23.2 Å². The van der Waals surface area contributed by atoms with E-state index >= 15 is 0 Å². The van der Waals surface area contributed by atoms with Crippen molar-refractivity contribution >= 4 is 35.5 Å². The number of amides is 1. The minimum atomic E-state index is -4.98. The molecule has 0 unspecified atom stereocenters. The maximum Gasteiger partial charge on any atom is 0.437 e. The number of esters is 1. The van der Waals surface area contributed by atoms with E-state index in [1.54, 1.807) is 6.92 Å². The molecule has 0 bridgehead atoms. The number of aromatic nitrogens is 2. The molecule has 0 aliphatic heterocycles. The first kappa shape index (κ1) is 21.7. The summed E-state index contributed by atoms with van der Waals surface area (Å²) in [6.45, 7) is 1.64. The largest absolute Gasteiger partial charge is 0.465 e. The van der Waals surface area contributed by atoms with Crippen LogP contribution >= 0.6 is 11.8 Å². The van der Waals surface area contributed by atoms with Crippen molar-refractivity contribution in [2.45, 2.75) is 18.1 Å². The molecule has 2 aromatic rings. The van der Waals surface area contributed by atoms with E-state index in [-0.39, 0.29) is 23.8 Å². The molecule has 1 aromatic heterocycles. The fourth-order valence-electron chi connectivity index (χ4n) is 2.30. The van der Waals surface area contributed by atoms with Crippen LogP contribution in [-0.2, 0) is 27.5 Å². The quantitative estimate of drug-likeness (QED) is 0.294. The summed E-state index contributed by atoms with van der Waals surface area (Å²) in [5.41, 5.74) is -2.84. The van der Waals surface area contributed by atoms with E-state index < -0.39 is 40.8 Å². The van der Waals surface area contributed by atoms with E-state index in [0.717, 1.165) is 16.8 Å². The van der Waals surface area contributed by atoms with Crippen LogP contribution in [-0.4, -0.2) is 34.5 Å². The second-order valence-corrected chi connectivity index (χ2v) is 6.25. The number of thioether (sulfide) groups is 1. The molecular weight excluding hydrogens is 409 g/mol. The molecule has 12 heteroatoms. The summed E-state index contributed by atoms with van der Waals surface area (Å²) in [6, 6.07) is 2.05. The van der Waals surface area contributed by atoms with Crippen molar-refractivity contribution in [3.05, 3.63) is 35.5 Å². The highest BCUT2D eigenvalue weighted by molar-refractivity contribution is 8.00. The van der Waals surface area contributed by atoms with Crippen molar-refractivity contribution in [2.24, 2.45) is 7.05 Å². The molecule has 152 valence electrons. The average Bonchev–Trinajstić information content (AvgIpc) is 2.92. The molecule has 1 amide bonds. The lowest BCUT2D eigenvalue weighted by atomic mass is 10.2. The van der Waals surface area contributed by atoms with Gasteiger partial charge in [0.2, 0.25) is 6.41 Å². The summed E-state index contributed by atoms with van der Waals surface area (Å²) >= 11 is 0.635. The summed E-state index contributed by atoms with van der Waals surface area (Å²) < 4.78 is 73.2. The van der Waals surface area contributed by atoms with Crippen molar-refractivity contribution < 1.29 is 36.3 Å². The molecule has 0 radical (unpaired) electrons. The molecule has 2 rings (SSSR count). The predicted octanol–water partition coefficient (Wildman–Crippen LogP) is 3.67. The van der Waals surface area contributed by atoms with Gasteiger partial charge in [-0.15, -0.1) is 0 Å². The van der Waals surface area contributed by atoms with Gasteiger partial charge in [-0.1, -0.05) is 11.8 Å². The average molecular weight is 423 g/mol. The molecule has 0 aliphatic carbocycles. The van der Waals surface area contributed by atoms with Gasteiger partial charge in [-0.2, -0.15) is 18.3 Å². The van der Waals surface area contributed by atoms with Gasteiger partial charge in [0.1, 0.15) is 22.3 Å². The Morgan fingerprint density at radius 3 is 2.57 bits per heavy atom. The number of anilines is 2. The summed E-state index contributed by atoms with van der Waals surface area (Å²) in [7, 11) is 1.18. The number of alkyl halides is 3. The first-order valence-corrected chi connectivity index (χ1v) is 8.70. The Kier molecular flexibility index (Phi) is 6.65. The van der Waals surface area contributed by atoms with E-state index in [1.807, 2.05) is 0 Å². The molecule has 0 saturated heterocycles. The van der Waals surface area contributed by atoms with Crippen LogP contribution < -0.4 is 4.90 Å². The van der Waals surface area contributed by atoms with Crippen molar-refractivity contribution in [2.75, 3.05) is 17.3 Å². The molecule has 0 aliphatic rings. The van der Waals surface area contributed by atoms with Crippen LogP contribution in [0.3, 0.4) is 0 Å². The first-order chi connectivity index (χ1) is 13.1. The predicted molar refractivity (Wildman–Crippen MR) is 90.1 cm³/mol. The van der Waals surface area contributed by atoms with E-state index in [4.69, 9.17) is 4.74 Å². The highest BCUT2D eigenvalue weighted by atomic mass is 32.2. The number of halogens is 5. The fourth-order valence-corrected chi connectivity index (χ4v) is 3.20. The zero-order chi connectivity index (χ0) is 21.1. The number of carbonyl (C=O) groups is 2. The lowest BCUT2D eigenvalue weighted by Gasteiger charge is -2.20. The van der Waals surface area contributed by atoms with Crippen molar-refractivity contribution in [3.63, 3.8) is 0 Å². The van der Waals surface area contributed by atoms with E-state index in [0.29, 0.717) is 22.7 Å². The SMILES string of the molecule is CCOC(=O)CSc1c(N(C=O)c2ccc(F)cc2F)c(C(F)(F)F)nn1C. The molecule has 0 N–H and O–H groups in total. The molecule has 0 fully saturated rings. The molecule has 1 heterocycles. The normalized spacial score (nSPS) is 11.4. The number of hydrogen-bond donors (Lipinski definition) is 0. The maximum atomic E-state index is 14.1. The highest BCUT2D eigenvalue weighted by Gasteiger charge is 2.41. The van der Waals surface area contributed by atoms with Crippen LogP contribution in [0.1, 0.15) is 12.6 Å². The van der Waals surface area contributed by atoms with E-state index in [2.05, 4.69) is 5.10 Å². The molecule has 0 atom stereocenters. The van der Waals surface area contributed by atoms with Gasteiger partial charge in [-0.3, -0.25) is 19.2 Å². The zero-order valence-corrected chi connectivity index (χ0v) is 15.4. The van der Waals surface area contributed by atoms with Crippen molar-refractivity contribution in [1.82, 2.24) is 9.78 Å². The van der Waals surface area contributed by atoms with Gasteiger partial charge >= 0.3 is 12.1 Å². The number of benzene rings is 1. The molecular formula is C16H14F5N3O3S. The monoisotopic (exact) mass is 423 g/mol. The summed E-state index contributed by atoms with van der Waals surface area (Å²) in [5, 5.41) is 3.14. The van der Waals surface area contributed by atoms with Gasteiger partial charge in [0.15, 0.2) is 5.69 Å². The van der Waals surface area contributed by atoms with Gasteiger partial charge in [-0.25, -0.2) is 8.78 Å².